The Kier molecular flexibility index (Phi) is 3.10. The number of aromatic nitrogens is 1. The zero-order chi connectivity index (χ0) is 15.0. The molecule has 2 aromatic carbocycles. The number of nitrogens with zero attached hydrogens (tertiary/aromatic N) is 1. The number of carboxylic acid groups (broad SMARTS) is 1. The molecule has 0 amide bonds. The van der Waals surface area contributed by atoms with E-state index in [1.54, 1.807) is 0 Å². The zero-order valence-electron chi connectivity index (χ0n) is 10.7. The molecule has 0 unspecified atom stereocenters. The Bertz CT molecular complexity index is 845. The van der Waals surface area contributed by atoms with E-state index in [9.17, 15) is 18.7 Å². The fraction of sp³-hybridized carbons (Fsp3) is 0. The van der Waals surface area contributed by atoms with Crippen LogP contribution in [0.25, 0.3) is 22.2 Å². The lowest BCUT2D eigenvalue weighted by atomic mass is 10.0. The number of pyridine rings is 1. The molecule has 0 radical (unpaired) electrons. The number of hydrogen-bond donors (Lipinski definition) is 1. The molecule has 0 spiro atoms. The van der Waals surface area contributed by atoms with Crippen LogP contribution in [0.3, 0.4) is 0 Å². The van der Waals surface area contributed by atoms with E-state index in [-0.39, 0.29) is 22.2 Å². The van der Waals surface area contributed by atoms with Gasteiger partial charge in [0.2, 0.25) is 0 Å². The van der Waals surface area contributed by atoms with Crippen molar-refractivity contribution in [3.05, 3.63) is 65.7 Å². The molecule has 0 saturated carbocycles. The van der Waals surface area contributed by atoms with Crippen LogP contribution in [0.4, 0.5) is 8.78 Å². The fourth-order valence-corrected chi connectivity index (χ4v) is 2.16. The van der Waals surface area contributed by atoms with Crippen molar-refractivity contribution < 1.29 is 18.7 Å². The van der Waals surface area contributed by atoms with E-state index in [1.165, 1.54) is 48.5 Å². The van der Waals surface area contributed by atoms with Crippen LogP contribution in [-0.2, 0) is 0 Å². The maximum absolute atomic E-state index is 13.9. The summed E-state index contributed by atoms with van der Waals surface area (Å²) >= 11 is 0. The molecule has 3 aromatic rings. The highest BCUT2D eigenvalue weighted by molar-refractivity contribution is 6.03. The highest BCUT2D eigenvalue weighted by Gasteiger charge is 2.15. The summed E-state index contributed by atoms with van der Waals surface area (Å²) in [6.07, 6.45) is 0. The molecule has 5 heteroatoms. The first kappa shape index (κ1) is 13.2. The Morgan fingerprint density at radius 2 is 1.76 bits per heavy atom. The Morgan fingerprint density at radius 1 is 1.05 bits per heavy atom. The second kappa shape index (κ2) is 4.94. The van der Waals surface area contributed by atoms with Gasteiger partial charge in [-0.1, -0.05) is 12.1 Å². The van der Waals surface area contributed by atoms with Gasteiger partial charge in [0.15, 0.2) is 0 Å². The van der Waals surface area contributed by atoms with Crippen LogP contribution in [-0.4, -0.2) is 16.1 Å². The zero-order valence-corrected chi connectivity index (χ0v) is 10.7. The summed E-state index contributed by atoms with van der Waals surface area (Å²) in [5.41, 5.74) is 0.740. The summed E-state index contributed by atoms with van der Waals surface area (Å²) < 4.78 is 26.8. The van der Waals surface area contributed by atoms with Gasteiger partial charge in [0.05, 0.1) is 11.3 Å². The monoisotopic (exact) mass is 285 g/mol. The van der Waals surface area contributed by atoms with Crippen LogP contribution >= 0.6 is 0 Å². The number of carboxylic acids is 1. The second-order valence-electron chi connectivity index (χ2n) is 4.50. The molecule has 0 saturated heterocycles. The molecule has 104 valence electrons. The summed E-state index contributed by atoms with van der Waals surface area (Å²) in [5.74, 6) is -2.18. The van der Waals surface area contributed by atoms with Gasteiger partial charge in [-0.3, -0.25) is 0 Å². The molecule has 1 aromatic heterocycles. The maximum atomic E-state index is 13.9. The van der Waals surface area contributed by atoms with Crippen LogP contribution in [0.5, 0.6) is 0 Å². The normalized spacial score (nSPS) is 10.8. The lowest BCUT2D eigenvalue weighted by Gasteiger charge is -2.07. The predicted molar refractivity (Wildman–Crippen MR) is 74.1 cm³/mol. The van der Waals surface area contributed by atoms with Crippen molar-refractivity contribution in [3.8, 4) is 11.3 Å². The highest BCUT2D eigenvalue weighted by Crippen LogP contribution is 2.26. The summed E-state index contributed by atoms with van der Waals surface area (Å²) in [6.45, 7) is 0. The molecular weight excluding hydrogens is 276 g/mol. The van der Waals surface area contributed by atoms with Crippen molar-refractivity contribution >= 4 is 16.9 Å². The first-order valence-electron chi connectivity index (χ1n) is 6.15. The average molecular weight is 285 g/mol. The van der Waals surface area contributed by atoms with E-state index in [0.29, 0.717) is 5.56 Å². The second-order valence-corrected chi connectivity index (χ2v) is 4.50. The SMILES string of the molecule is O=C(O)c1cc(-c2ccc(F)cc2)nc2c(F)cccc12. The number of benzene rings is 2. The molecule has 21 heavy (non-hydrogen) atoms. The van der Waals surface area contributed by atoms with Crippen LogP contribution in [0.15, 0.2) is 48.5 Å². The van der Waals surface area contributed by atoms with E-state index >= 15 is 0 Å². The molecule has 1 heterocycles. The maximum Gasteiger partial charge on any atom is 0.336 e. The number of aromatic carboxylic acids is 1. The van der Waals surface area contributed by atoms with E-state index in [0.717, 1.165) is 0 Å². The first-order valence-corrected chi connectivity index (χ1v) is 6.15. The van der Waals surface area contributed by atoms with Gasteiger partial charge in [-0.15, -0.1) is 0 Å². The molecule has 0 aliphatic rings. The van der Waals surface area contributed by atoms with Crippen molar-refractivity contribution in [2.75, 3.05) is 0 Å². The topological polar surface area (TPSA) is 50.2 Å². The molecule has 0 aliphatic carbocycles. The average Bonchev–Trinajstić information content (AvgIpc) is 2.47. The Balaban J connectivity index is 2.32. The number of hydrogen-bond acceptors (Lipinski definition) is 2. The lowest BCUT2D eigenvalue weighted by Crippen LogP contribution is -2.01. The molecular formula is C16H9F2NO2. The molecule has 0 aliphatic heterocycles. The Morgan fingerprint density at radius 3 is 2.43 bits per heavy atom. The van der Waals surface area contributed by atoms with Crippen LogP contribution < -0.4 is 0 Å². The Labute approximate surface area is 118 Å². The predicted octanol–water partition coefficient (Wildman–Crippen LogP) is 3.88. The van der Waals surface area contributed by atoms with Gasteiger partial charge < -0.3 is 5.11 Å². The van der Waals surface area contributed by atoms with E-state index in [1.807, 2.05) is 0 Å². The standard InChI is InChI=1S/C16H9F2NO2/c17-10-6-4-9(5-7-10)14-8-12(16(20)21)11-2-1-3-13(18)15(11)19-14/h1-8H,(H,20,21). The number of carbonyl (C=O) groups is 1. The van der Waals surface area contributed by atoms with Crippen molar-refractivity contribution in [1.82, 2.24) is 4.98 Å². The van der Waals surface area contributed by atoms with Crippen molar-refractivity contribution in [1.29, 1.82) is 0 Å². The molecule has 0 fully saturated rings. The highest BCUT2D eigenvalue weighted by atomic mass is 19.1. The summed E-state index contributed by atoms with van der Waals surface area (Å²) in [6, 6.07) is 10.9. The summed E-state index contributed by atoms with van der Waals surface area (Å²) in [5, 5.41) is 9.51. The third-order valence-corrected chi connectivity index (χ3v) is 3.16. The summed E-state index contributed by atoms with van der Waals surface area (Å²) in [4.78, 5) is 15.5. The van der Waals surface area contributed by atoms with E-state index in [4.69, 9.17) is 0 Å². The molecule has 1 N–H and O–H groups in total. The van der Waals surface area contributed by atoms with Crippen molar-refractivity contribution in [2.45, 2.75) is 0 Å². The minimum Gasteiger partial charge on any atom is -0.478 e. The van der Waals surface area contributed by atoms with Gasteiger partial charge in [0, 0.05) is 10.9 Å². The van der Waals surface area contributed by atoms with Crippen molar-refractivity contribution in [2.24, 2.45) is 0 Å². The third-order valence-electron chi connectivity index (χ3n) is 3.16. The lowest BCUT2D eigenvalue weighted by molar-refractivity contribution is 0.0699. The van der Waals surface area contributed by atoms with Gasteiger partial charge in [-0.25, -0.2) is 18.6 Å². The molecule has 3 nitrogen and oxygen atoms in total. The number of para-hydroxylation sites is 1. The third kappa shape index (κ3) is 2.33. The molecule has 3 rings (SSSR count). The van der Waals surface area contributed by atoms with Crippen molar-refractivity contribution in [3.63, 3.8) is 0 Å². The van der Waals surface area contributed by atoms with E-state index in [2.05, 4.69) is 4.98 Å². The van der Waals surface area contributed by atoms with Gasteiger partial charge in [0.1, 0.15) is 17.2 Å². The van der Waals surface area contributed by atoms with E-state index < -0.39 is 17.6 Å². The quantitative estimate of drug-likeness (QED) is 0.777. The minimum absolute atomic E-state index is 0.0169. The molecule has 0 bridgehead atoms. The number of halogens is 2. The smallest absolute Gasteiger partial charge is 0.336 e. The fourth-order valence-electron chi connectivity index (χ4n) is 2.16. The van der Waals surface area contributed by atoms with Gasteiger partial charge in [0.25, 0.3) is 0 Å². The number of rotatable bonds is 2. The van der Waals surface area contributed by atoms with Crippen LogP contribution in [0.1, 0.15) is 10.4 Å². The summed E-state index contributed by atoms with van der Waals surface area (Å²) in [7, 11) is 0. The van der Waals surface area contributed by atoms with Gasteiger partial charge >= 0.3 is 5.97 Å². The van der Waals surface area contributed by atoms with Gasteiger partial charge in [-0.2, -0.15) is 0 Å². The Hall–Kier alpha value is -2.82. The molecule has 0 atom stereocenters. The van der Waals surface area contributed by atoms with Crippen LogP contribution in [0.2, 0.25) is 0 Å². The largest absolute Gasteiger partial charge is 0.478 e. The van der Waals surface area contributed by atoms with Gasteiger partial charge in [-0.05, 0) is 36.4 Å². The first-order chi connectivity index (χ1) is 10.1. The van der Waals surface area contributed by atoms with Crippen LogP contribution in [0, 0.1) is 11.6 Å². The number of fused-ring (bicyclic) bond motifs is 1. The minimum atomic E-state index is -1.17.